The Labute approximate surface area is 151 Å². The molecule has 0 saturated carbocycles. The first-order valence-electron chi connectivity index (χ1n) is 9.46. The Morgan fingerprint density at radius 1 is 0.826 bits per heavy atom. The van der Waals surface area contributed by atoms with Crippen molar-refractivity contribution in [2.75, 3.05) is 7.05 Å². The topological polar surface area (TPSA) is 43.7 Å². The highest BCUT2D eigenvalue weighted by Gasteiger charge is 2.27. The number of nitrogens with zero attached hydrogens (tertiary/aromatic N) is 1. The lowest BCUT2D eigenvalue weighted by molar-refractivity contribution is -0.254. The minimum Gasteiger partial charge on any atom is -0.353 e. The van der Waals surface area contributed by atoms with Gasteiger partial charge in [0.25, 0.3) is 0 Å². The Morgan fingerprint density at radius 3 is 1.57 bits per heavy atom. The number of unbranched alkanes of at least 4 members (excludes halogenated alkanes) is 7. The number of hydrogen-bond acceptors (Lipinski definition) is 3. The van der Waals surface area contributed by atoms with Crippen molar-refractivity contribution in [2.45, 2.75) is 110 Å². The van der Waals surface area contributed by atoms with E-state index in [1.165, 1.54) is 64.7 Å². The lowest BCUT2D eigenvalue weighted by Crippen LogP contribution is -2.49. The minimum atomic E-state index is -1.70. The summed E-state index contributed by atoms with van der Waals surface area (Å²) in [4.78, 5) is 1.68. The molecular weight excluding hydrogens is 310 g/mol. The predicted octanol–water partition coefficient (Wildman–Crippen LogP) is 5.33. The lowest BCUT2D eigenvalue weighted by Gasteiger charge is -2.35. The molecule has 2 N–H and O–H groups in total. The molecule has 1 unspecified atom stereocenters. The van der Waals surface area contributed by atoms with E-state index in [1.54, 1.807) is 11.9 Å². The quantitative estimate of drug-likeness (QED) is 0.328. The number of aliphatic hydroxyl groups is 2. The van der Waals surface area contributed by atoms with Crippen LogP contribution in [-0.4, -0.2) is 34.1 Å². The summed E-state index contributed by atoms with van der Waals surface area (Å²) in [6.07, 6.45) is 14.1. The first-order valence-corrected chi connectivity index (χ1v) is 9.46. The van der Waals surface area contributed by atoms with Crippen LogP contribution in [0, 0.1) is 5.92 Å². The molecule has 23 heavy (non-hydrogen) atoms. The molecule has 0 radical (unpaired) electrons. The van der Waals surface area contributed by atoms with Crippen molar-refractivity contribution in [3.63, 3.8) is 0 Å². The van der Waals surface area contributed by atoms with Crippen molar-refractivity contribution < 1.29 is 10.2 Å². The third-order valence-electron chi connectivity index (χ3n) is 4.76. The van der Waals surface area contributed by atoms with Gasteiger partial charge in [-0.15, -0.1) is 12.4 Å². The number of hydrogen-bond donors (Lipinski definition) is 2. The molecule has 0 aliphatic heterocycles. The summed E-state index contributed by atoms with van der Waals surface area (Å²) in [5.74, 6) is -0.847. The van der Waals surface area contributed by atoms with Gasteiger partial charge in [0.05, 0.1) is 0 Å². The smallest absolute Gasteiger partial charge is 0.221 e. The second-order valence-electron chi connectivity index (χ2n) is 7.44. The van der Waals surface area contributed by atoms with Crippen molar-refractivity contribution in [2.24, 2.45) is 5.92 Å². The summed E-state index contributed by atoms with van der Waals surface area (Å²) >= 11 is 0. The molecule has 0 saturated heterocycles. The first kappa shape index (κ1) is 25.4. The normalized spacial score (nSPS) is 13.4. The zero-order chi connectivity index (χ0) is 17.0. The van der Waals surface area contributed by atoms with Gasteiger partial charge < -0.3 is 10.2 Å². The fourth-order valence-electron chi connectivity index (χ4n) is 3.01. The van der Waals surface area contributed by atoms with E-state index in [4.69, 9.17) is 0 Å². The standard InChI is InChI=1S/C19H41NO2.ClH/c1-6-18(20(5)19(4,21)22)16-14-12-10-8-7-9-11-13-15-17(2)3;/h17-18,21-22H,6-16H2,1-5H3;1H. The van der Waals surface area contributed by atoms with Crippen LogP contribution >= 0.6 is 12.4 Å². The zero-order valence-electron chi connectivity index (χ0n) is 16.2. The van der Waals surface area contributed by atoms with E-state index < -0.39 is 5.91 Å². The van der Waals surface area contributed by atoms with Gasteiger partial charge in [0.1, 0.15) is 0 Å². The molecule has 0 amide bonds. The maximum absolute atomic E-state index is 9.65. The van der Waals surface area contributed by atoms with Crippen LogP contribution < -0.4 is 0 Å². The molecule has 0 aromatic carbocycles. The second-order valence-corrected chi connectivity index (χ2v) is 7.44. The van der Waals surface area contributed by atoms with Crippen molar-refractivity contribution in [3.8, 4) is 0 Å². The van der Waals surface area contributed by atoms with E-state index in [9.17, 15) is 10.2 Å². The lowest BCUT2D eigenvalue weighted by atomic mass is 10.0. The van der Waals surface area contributed by atoms with Crippen LogP contribution in [0.1, 0.15) is 98.3 Å². The minimum absolute atomic E-state index is 0. The summed E-state index contributed by atoms with van der Waals surface area (Å²) in [5.41, 5.74) is 0. The Morgan fingerprint density at radius 2 is 1.22 bits per heavy atom. The van der Waals surface area contributed by atoms with E-state index in [2.05, 4.69) is 20.8 Å². The third-order valence-corrected chi connectivity index (χ3v) is 4.76. The Kier molecular flexibility index (Phi) is 16.0. The van der Waals surface area contributed by atoms with E-state index in [0.29, 0.717) is 0 Å². The van der Waals surface area contributed by atoms with Crippen LogP contribution in [-0.2, 0) is 0 Å². The predicted molar refractivity (Wildman–Crippen MR) is 103 cm³/mol. The second kappa shape index (κ2) is 14.5. The largest absolute Gasteiger partial charge is 0.353 e. The van der Waals surface area contributed by atoms with Crippen molar-refractivity contribution in [1.82, 2.24) is 4.90 Å². The summed E-state index contributed by atoms with van der Waals surface area (Å²) in [6.45, 7) is 8.16. The van der Waals surface area contributed by atoms with Gasteiger partial charge in [-0.1, -0.05) is 78.6 Å². The van der Waals surface area contributed by atoms with E-state index >= 15 is 0 Å². The van der Waals surface area contributed by atoms with E-state index in [-0.39, 0.29) is 18.4 Å². The van der Waals surface area contributed by atoms with Crippen LogP contribution in [0.4, 0.5) is 0 Å². The number of rotatable bonds is 14. The van der Waals surface area contributed by atoms with E-state index in [1.807, 2.05) is 0 Å². The van der Waals surface area contributed by atoms with Gasteiger partial charge >= 0.3 is 0 Å². The molecule has 0 spiro atoms. The van der Waals surface area contributed by atoms with Crippen molar-refractivity contribution >= 4 is 12.4 Å². The molecule has 0 rings (SSSR count). The highest BCUT2D eigenvalue weighted by Crippen LogP contribution is 2.19. The van der Waals surface area contributed by atoms with Crippen LogP contribution in [0.15, 0.2) is 0 Å². The maximum atomic E-state index is 9.65. The Balaban J connectivity index is 0. The summed E-state index contributed by atoms with van der Waals surface area (Å²) in [6, 6.07) is 0.260. The molecule has 0 aromatic heterocycles. The maximum Gasteiger partial charge on any atom is 0.221 e. The molecule has 0 aliphatic rings. The molecule has 0 aliphatic carbocycles. The van der Waals surface area contributed by atoms with Gasteiger partial charge in [-0.2, -0.15) is 0 Å². The molecule has 0 bridgehead atoms. The Hall–Kier alpha value is 0.170. The van der Waals surface area contributed by atoms with Crippen LogP contribution in [0.5, 0.6) is 0 Å². The molecule has 1 atom stereocenters. The van der Waals surface area contributed by atoms with Gasteiger partial charge in [0, 0.05) is 13.0 Å². The van der Waals surface area contributed by atoms with Crippen LogP contribution in [0.25, 0.3) is 0 Å². The van der Waals surface area contributed by atoms with Gasteiger partial charge in [0.15, 0.2) is 0 Å². The fraction of sp³-hybridized carbons (Fsp3) is 1.00. The van der Waals surface area contributed by atoms with Crippen molar-refractivity contribution in [1.29, 1.82) is 0 Å². The Bertz CT molecular complexity index is 254. The molecule has 0 heterocycles. The van der Waals surface area contributed by atoms with Gasteiger partial charge in [-0.3, -0.25) is 4.90 Å². The zero-order valence-corrected chi connectivity index (χ0v) is 17.0. The SMILES string of the molecule is CCC(CCCCCCCCCCC(C)C)N(C)C(C)(O)O.Cl. The van der Waals surface area contributed by atoms with Gasteiger partial charge in [-0.25, -0.2) is 0 Å². The molecule has 142 valence electrons. The van der Waals surface area contributed by atoms with Gasteiger partial charge in [0.2, 0.25) is 5.91 Å². The van der Waals surface area contributed by atoms with Gasteiger partial charge in [-0.05, 0) is 25.8 Å². The van der Waals surface area contributed by atoms with E-state index in [0.717, 1.165) is 18.8 Å². The third kappa shape index (κ3) is 14.2. The molecular formula is C19H42ClNO2. The van der Waals surface area contributed by atoms with Crippen LogP contribution in [0.3, 0.4) is 0 Å². The summed E-state index contributed by atoms with van der Waals surface area (Å²) < 4.78 is 0. The monoisotopic (exact) mass is 351 g/mol. The highest BCUT2D eigenvalue weighted by atomic mass is 35.5. The van der Waals surface area contributed by atoms with Crippen LogP contribution in [0.2, 0.25) is 0 Å². The highest BCUT2D eigenvalue weighted by molar-refractivity contribution is 5.85. The number of halogens is 1. The molecule has 3 nitrogen and oxygen atoms in total. The first-order chi connectivity index (χ1) is 10.3. The summed E-state index contributed by atoms with van der Waals surface area (Å²) in [7, 11) is 1.80. The van der Waals surface area contributed by atoms with Crippen molar-refractivity contribution in [3.05, 3.63) is 0 Å². The molecule has 4 heteroatoms. The molecule has 0 aromatic rings. The molecule has 0 fully saturated rings. The average Bonchev–Trinajstić information content (AvgIpc) is 2.43. The average molecular weight is 352 g/mol. The summed E-state index contributed by atoms with van der Waals surface area (Å²) in [5, 5.41) is 19.3. The fourth-order valence-corrected chi connectivity index (χ4v) is 3.01.